The van der Waals surface area contributed by atoms with Crippen molar-refractivity contribution in [1.29, 1.82) is 0 Å². The van der Waals surface area contributed by atoms with Crippen molar-refractivity contribution in [3.63, 3.8) is 0 Å². The summed E-state index contributed by atoms with van der Waals surface area (Å²) in [5.74, 6) is -0.0185. The second kappa shape index (κ2) is 5.65. The SMILES string of the molecule is CCOc1cccc(-c2ccc(C(C)=O)c(F)c2)c1. The zero-order valence-electron chi connectivity index (χ0n) is 10.9. The average Bonchev–Trinajstić information content (AvgIpc) is 2.39. The number of rotatable bonds is 4. The molecule has 2 rings (SSSR count). The molecule has 0 bridgehead atoms. The molecule has 0 aromatic heterocycles. The highest BCUT2D eigenvalue weighted by molar-refractivity contribution is 5.94. The van der Waals surface area contributed by atoms with Gasteiger partial charge in [0.1, 0.15) is 11.6 Å². The Morgan fingerprint density at radius 3 is 2.53 bits per heavy atom. The maximum atomic E-state index is 13.8. The Bertz CT molecular complexity index is 605. The molecule has 98 valence electrons. The van der Waals surface area contributed by atoms with Crippen LogP contribution in [0.4, 0.5) is 4.39 Å². The lowest BCUT2D eigenvalue weighted by Gasteiger charge is -2.07. The molecule has 0 unspecified atom stereocenters. The molecule has 0 radical (unpaired) electrons. The van der Waals surface area contributed by atoms with E-state index in [1.54, 1.807) is 6.07 Å². The zero-order valence-corrected chi connectivity index (χ0v) is 10.9. The largest absolute Gasteiger partial charge is 0.494 e. The topological polar surface area (TPSA) is 26.3 Å². The van der Waals surface area contributed by atoms with Gasteiger partial charge in [-0.15, -0.1) is 0 Å². The van der Waals surface area contributed by atoms with E-state index in [2.05, 4.69) is 0 Å². The third kappa shape index (κ3) is 2.99. The fraction of sp³-hybridized carbons (Fsp3) is 0.188. The Labute approximate surface area is 111 Å². The molecular weight excluding hydrogens is 243 g/mol. The third-order valence-electron chi connectivity index (χ3n) is 2.83. The number of hydrogen-bond acceptors (Lipinski definition) is 2. The van der Waals surface area contributed by atoms with Crippen LogP contribution in [0.2, 0.25) is 0 Å². The van der Waals surface area contributed by atoms with E-state index in [1.807, 2.05) is 31.2 Å². The predicted octanol–water partition coefficient (Wildman–Crippen LogP) is 4.09. The van der Waals surface area contributed by atoms with Crippen molar-refractivity contribution < 1.29 is 13.9 Å². The number of ketones is 1. The molecule has 2 aromatic rings. The molecule has 0 saturated heterocycles. The average molecular weight is 258 g/mol. The molecule has 0 aliphatic rings. The molecule has 0 aliphatic carbocycles. The molecule has 0 N–H and O–H groups in total. The Kier molecular flexibility index (Phi) is 3.95. The number of hydrogen-bond donors (Lipinski definition) is 0. The van der Waals surface area contributed by atoms with Gasteiger partial charge in [0.05, 0.1) is 12.2 Å². The van der Waals surface area contributed by atoms with Crippen LogP contribution in [-0.4, -0.2) is 12.4 Å². The van der Waals surface area contributed by atoms with Crippen LogP contribution in [0.15, 0.2) is 42.5 Å². The van der Waals surface area contributed by atoms with Crippen molar-refractivity contribution >= 4 is 5.78 Å². The van der Waals surface area contributed by atoms with Crippen molar-refractivity contribution in [1.82, 2.24) is 0 Å². The summed E-state index contributed by atoms with van der Waals surface area (Å²) in [6.07, 6.45) is 0. The summed E-state index contributed by atoms with van der Waals surface area (Å²) in [7, 11) is 0. The molecule has 0 heterocycles. The van der Waals surface area contributed by atoms with Crippen molar-refractivity contribution in [2.75, 3.05) is 6.61 Å². The second-order valence-electron chi connectivity index (χ2n) is 4.21. The maximum absolute atomic E-state index is 13.8. The van der Waals surface area contributed by atoms with Crippen LogP contribution in [0, 0.1) is 5.82 Å². The van der Waals surface area contributed by atoms with Crippen LogP contribution in [0.25, 0.3) is 11.1 Å². The molecule has 2 aromatic carbocycles. The fourth-order valence-corrected chi connectivity index (χ4v) is 1.91. The minimum absolute atomic E-state index is 0.115. The van der Waals surface area contributed by atoms with Gasteiger partial charge >= 0.3 is 0 Å². The Morgan fingerprint density at radius 1 is 1.16 bits per heavy atom. The third-order valence-corrected chi connectivity index (χ3v) is 2.83. The van der Waals surface area contributed by atoms with Crippen LogP contribution in [0.5, 0.6) is 5.75 Å². The van der Waals surface area contributed by atoms with Gasteiger partial charge in [-0.2, -0.15) is 0 Å². The molecule has 19 heavy (non-hydrogen) atoms. The number of ether oxygens (including phenoxy) is 1. The van der Waals surface area contributed by atoms with Crippen molar-refractivity contribution in [3.8, 4) is 16.9 Å². The lowest BCUT2D eigenvalue weighted by molar-refractivity contribution is 0.101. The zero-order chi connectivity index (χ0) is 13.8. The number of carbonyl (C=O) groups excluding carboxylic acids is 1. The predicted molar refractivity (Wildman–Crippen MR) is 73.0 cm³/mol. The fourth-order valence-electron chi connectivity index (χ4n) is 1.91. The molecule has 0 atom stereocenters. The second-order valence-corrected chi connectivity index (χ2v) is 4.21. The van der Waals surface area contributed by atoms with Crippen LogP contribution in [-0.2, 0) is 0 Å². The van der Waals surface area contributed by atoms with E-state index in [1.165, 1.54) is 19.1 Å². The standard InChI is InChI=1S/C16H15FO2/c1-3-19-14-6-4-5-12(9-14)13-7-8-15(11(2)18)16(17)10-13/h4-10H,3H2,1-2H3. The Hall–Kier alpha value is -2.16. The van der Waals surface area contributed by atoms with E-state index in [4.69, 9.17) is 4.74 Å². The highest BCUT2D eigenvalue weighted by Crippen LogP contribution is 2.25. The van der Waals surface area contributed by atoms with E-state index in [-0.39, 0.29) is 11.3 Å². The summed E-state index contributed by atoms with van der Waals surface area (Å²) in [5.41, 5.74) is 1.70. The first-order valence-corrected chi connectivity index (χ1v) is 6.15. The molecule has 0 saturated carbocycles. The van der Waals surface area contributed by atoms with Crippen molar-refractivity contribution in [2.24, 2.45) is 0 Å². The van der Waals surface area contributed by atoms with Gasteiger partial charge in [-0.1, -0.05) is 18.2 Å². The maximum Gasteiger partial charge on any atom is 0.162 e. The minimum atomic E-state index is -0.494. The van der Waals surface area contributed by atoms with Gasteiger partial charge in [-0.25, -0.2) is 4.39 Å². The number of halogens is 1. The molecule has 0 spiro atoms. The van der Waals surface area contributed by atoms with Gasteiger partial charge in [0.15, 0.2) is 5.78 Å². The van der Waals surface area contributed by atoms with E-state index in [0.717, 1.165) is 16.9 Å². The molecule has 0 fully saturated rings. The first kappa shape index (κ1) is 13.3. The first-order chi connectivity index (χ1) is 9.11. The molecule has 0 aliphatic heterocycles. The van der Waals surface area contributed by atoms with Gasteiger partial charge in [0.25, 0.3) is 0 Å². The monoisotopic (exact) mass is 258 g/mol. The van der Waals surface area contributed by atoms with Crippen LogP contribution < -0.4 is 4.74 Å². The Balaban J connectivity index is 2.39. The van der Waals surface area contributed by atoms with Gasteiger partial charge < -0.3 is 4.74 Å². The summed E-state index contributed by atoms with van der Waals surface area (Å²) >= 11 is 0. The van der Waals surface area contributed by atoms with E-state index >= 15 is 0 Å². The lowest BCUT2D eigenvalue weighted by Crippen LogP contribution is -1.97. The summed E-state index contributed by atoms with van der Waals surface area (Å²) < 4.78 is 19.2. The smallest absolute Gasteiger partial charge is 0.162 e. The highest BCUT2D eigenvalue weighted by Gasteiger charge is 2.09. The summed E-state index contributed by atoms with van der Waals surface area (Å²) in [4.78, 5) is 11.2. The van der Waals surface area contributed by atoms with Gasteiger partial charge in [0.2, 0.25) is 0 Å². The normalized spacial score (nSPS) is 10.3. The molecule has 0 amide bonds. The first-order valence-electron chi connectivity index (χ1n) is 6.15. The van der Waals surface area contributed by atoms with Crippen molar-refractivity contribution in [2.45, 2.75) is 13.8 Å². The van der Waals surface area contributed by atoms with E-state index < -0.39 is 5.82 Å². The number of Topliss-reactive ketones (excluding diaryl/α,β-unsaturated/α-hetero) is 1. The molecular formula is C16H15FO2. The van der Waals surface area contributed by atoms with Crippen LogP contribution >= 0.6 is 0 Å². The summed E-state index contributed by atoms with van der Waals surface area (Å²) in [6, 6.07) is 12.1. The number of benzene rings is 2. The summed E-state index contributed by atoms with van der Waals surface area (Å²) in [5, 5.41) is 0. The van der Waals surface area contributed by atoms with Gasteiger partial charge in [0, 0.05) is 0 Å². The quantitative estimate of drug-likeness (QED) is 0.772. The summed E-state index contributed by atoms with van der Waals surface area (Å²) in [6.45, 7) is 3.85. The van der Waals surface area contributed by atoms with E-state index in [9.17, 15) is 9.18 Å². The van der Waals surface area contributed by atoms with Crippen LogP contribution in [0.3, 0.4) is 0 Å². The van der Waals surface area contributed by atoms with Crippen LogP contribution in [0.1, 0.15) is 24.2 Å². The van der Waals surface area contributed by atoms with Gasteiger partial charge in [-0.3, -0.25) is 4.79 Å². The van der Waals surface area contributed by atoms with E-state index in [0.29, 0.717) is 6.61 Å². The minimum Gasteiger partial charge on any atom is -0.494 e. The molecule has 2 nitrogen and oxygen atoms in total. The van der Waals surface area contributed by atoms with Crippen molar-refractivity contribution in [3.05, 3.63) is 53.8 Å². The molecule has 3 heteroatoms. The highest BCUT2D eigenvalue weighted by atomic mass is 19.1. The van der Waals surface area contributed by atoms with Gasteiger partial charge in [-0.05, 0) is 49.2 Å². The number of carbonyl (C=O) groups is 1. The Morgan fingerprint density at radius 2 is 1.89 bits per heavy atom. The lowest BCUT2D eigenvalue weighted by atomic mass is 10.0.